The highest BCUT2D eigenvalue weighted by Crippen LogP contribution is 2.36. The number of benzene rings is 2. The van der Waals surface area contributed by atoms with E-state index in [0.717, 1.165) is 11.1 Å². The van der Waals surface area contributed by atoms with Crippen molar-refractivity contribution in [2.75, 3.05) is 7.11 Å². The summed E-state index contributed by atoms with van der Waals surface area (Å²) < 4.78 is 5.56. The van der Waals surface area contributed by atoms with E-state index in [2.05, 4.69) is 9.97 Å². The molecule has 0 spiro atoms. The van der Waals surface area contributed by atoms with Crippen molar-refractivity contribution in [2.24, 2.45) is 0 Å². The third kappa shape index (κ3) is 2.73. The molecule has 2 aromatic carbocycles. The minimum absolute atomic E-state index is 0.202. The molecule has 0 amide bonds. The van der Waals surface area contributed by atoms with Crippen molar-refractivity contribution in [2.45, 2.75) is 0 Å². The van der Waals surface area contributed by atoms with Gasteiger partial charge in [-0.05, 0) is 11.6 Å². The number of rotatable bonds is 3. The molecule has 0 bridgehead atoms. The first-order chi connectivity index (χ1) is 10.3. The third-order valence-electron chi connectivity index (χ3n) is 3.14. The molecule has 0 aliphatic carbocycles. The number of methoxy groups -OCH3 is 1. The van der Waals surface area contributed by atoms with Crippen molar-refractivity contribution < 1.29 is 4.74 Å². The van der Waals surface area contributed by atoms with Gasteiger partial charge in [-0.25, -0.2) is 9.97 Å². The monoisotopic (exact) mass is 296 g/mol. The van der Waals surface area contributed by atoms with Gasteiger partial charge in [0.15, 0.2) is 5.75 Å². The molecule has 0 fully saturated rings. The molecule has 0 atom stereocenters. The summed E-state index contributed by atoms with van der Waals surface area (Å²) in [5, 5.41) is 0.202. The maximum Gasteiger partial charge on any atom is 0.223 e. The molecular formula is C17H13ClN2O. The average Bonchev–Trinajstić information content (AvgIpc) is 2.55. The van der Waals surface area contributed by atoms with Gasteiger partial charge in [0.05, 0.1) is 7.11 Å². The molecule has 0 saturated heterocycles. The second-order valence-corrected chi connectivity index (χ2v) is 4.79. The zero-order valence-corrected chi connectivity index (χ0v) is 12.2. The number of halogens is 1. The number of hydrogen-bond acceptors (Lipinski definition) is 3. The Morgan fingerprint density at radius 1 is 0.762 bits per heavy atom. The highest BCUT2D eigenvalue weighted by atomic mass is 35.5. The van der Waals surface area contributed by atoms with Crippen LogP contribution in [-0.4, -0.2) is 17.1 Å². The van der Waals surface area contributed by atoms with Crippen LogP contribution in [0.5, 0.6) is 5.75 Å². The van der Waals surface area contributed by atoms with E-state index in [1.54, 1.807) is 7.11 Å². The summed E-state index contributed by atoms with van der Waals surface area (Å²) in [5.74, 6) is 0.622. The Morgan fingerprint density at radius 2 is 1.19 bits per heavy atom. The quantitative estimate of drug-likeness (QED) is 0.669. The Kier molecular flexibility index (Phi) is 3.84. The van der Waals surface area contributed by atoms with Crippen molar-refractivity contribution in [3.8, 4) is 28.3 Å². The first-order valence-corrected chi connectivity index (χ1v) is 6.90. The van der Waals surface area contributed by atoms with Gasteiger partial charge in [-0.1, -0.05) is 60.7 Å². The summed E-state index contributed by atoms with van der Waals surface area (Å²) in [6.07, 6.45) is 0. The predicted molar refractivity (Wildman–Crippen MR) is 84.5 cm³/mol. The van der Waals surface area contributed by atoms with Crippen LogP contribution in [0.15, 0.2) is 60.7 Å². The van der Waals surface area contributed by atoms with Crippen molar-refractivity contribution in [1.29, 1.82) is 0 Å². The van der Waals surface area contributed by atoms with Crippen LogP contribution >= 0.6 is 11.6 Å². The molecule has 0 aliphatic rings. The van der Waals surface area contributed by atoms with E-state index in [9.17, 15) is 0 Å². The summed E-state index contributed by atoms with van der Waals surface area (Å²) in [4.78, 5) is 8.66. The molecule has 0 aliphatic heterocycles. The van der Waals surface area contributed by atoms with Crippen LogP contribution in [-0.2, 0) is 0 Å². The topological polar surface area (TPSA) is 35.0 Å². The summed E-state index contributed by atoms with van der Waals surface area (Å²) in [5.41, 5.74) is 3.26. The van der Waals surface area contributed by atoms with Crippen LogP contribution in [0.25, 0.3) is 22.5 Å². The molecule has 0 radical (unpaired) electrons. The van der Waals surface area contributed by atoms with Crippen LogP contribution in [0.3, 0.4) is 0 Å². The molecular weight excluding hydrogens is 284 g/mol. The maximum absolute atomic E-state index is 6.10. The Hall–Kier alpha value is -2.39. The first kappa shape index (κ1) is 13.6. The second-order valence-electron chi connectivity index (χ2n) is 4.46. The van der Waals surface area contributed by atoms with Crippen molar-refractivity contribution in [3.63, 3.8) is 0 Å². The van der Waals surface area contributed by atoms with Crippen LogP contribution in [0.4, 0.5) is 0 Å². The predicted octanol–water partition coefficient (Wildman–Crippen LogP) is 4.47. The fourth-order valence-electron chi connectivity index (χ4n) is 2.20. The molecule has 0 N–H and O–H groups in total. The summed E-state index contributed by atoms with van der Waals surface area (Å²) >= 11 is 6.10. The van der Waals surface area contributed by atoms with Crippen LogP contribution in [0.2, 0.25) is 5.28 Å². The average molecular weight is 297 g/mol. The fourth-order valence-corrected chi connectivity index (χ4v) is 2.37. The van der Waals surface area contributed by atoms with E-state index in [4.69, 9.17) is 16.3 Å². The number of nitrogens with zero attached hydrogens (tertiary/aromatic N) is 2. The molecule has 0 unspecified atom stereocenters. The number of aromatic nitrogens is 2. The molecule has 1 aromatic heterocycles. The van der Waals surface area contributed by atoms with Gasteiger partial charge in [0.1, 0.15) is 11.4 Å². The highest BCUT2D eigenvalue weighted by molar-refractivity contribution is 6.28. The smallest absolute Gasteiger partial charge is 0.223 e. The van der Waals surface area contributed by atoms with E-state index in [0.29, 0.717) is 17.1 Å². The molecule has 1 heterocycles. The zero-order valence-electron chi connectivity index (χ0n) is 11.5. The molecule has 0 saturated carbocycles. The van der Waals surface area contributed by atoms with Crippen molar-refractivity contribution in [3.05, 3.63) is 65.9 Å². The third-order valence-corrected chi connectivity index (χ3v) is 3.31. The van der Waals surface area contributed by atoms with Gasteiger partial charge in [0, 0.05) is 11.1 Å². The van der Waals surface area contributed by atoms with Crippen molar-refractivity contribution in [1.82, 2.24) is 9.97 Å². The first-order valence-electron chi connectivity index (χ1n) is 6.52. The van der Waals surface area contributed by atoms with Gasteiger partial charge < -0.3 is 4.74 Å². The van der Waals surface area contributed by atoms with Crippen LogP contribution in [0, 0.1) is 0 Å². The molecule has 3 aromatic rings. The summed E-state index contributed by atoms with van der Waals surface area (Å²) in [6, 6.07) is 19.6. The van der Waals surface area contributed by atoms with Gasteiger partial charge in [-0.3, -0.25) is 0 Å². The van der Waals surface area contributed by atoms with Gasteiger partial charge in [-0.2, -0.15) is 0 Å². The lowest BCUT2D eigenvalue weighted by molar-refractivity contribution is 0.414. The molecule has 4 heteroatoms. The Labute approximate surface area is 128 Å². The Bertz CT molecular complexity index is 685. The lowest BCUT2D eigenvalue weighted by Crippen LogP contribution is -1.98. The van der Waals surface area contributed by atoms with Crippen molar-refractivity contribution >= 4 is 11.6 Å². The number of hydrogen-bond donors (Lipinski definition) is 0. The summed E-state index contributed by atoms with van der Waals surface area (Å²) in [7, 11) is 1.62. The van der Waals surface area contributed by atoms with E-state index >= 15 is 0 Å². The Balaban J connectivity index is 2.25. The zero-order chi connectivity index (χ0) is 14.7. The molecule has 3 nitrogen and oxygen atoms in total. The minimum Gasteiger partial charge on any atom is -0.492 e. The van der Waals surface area contributed by atoms with E-state index in [1.165, 1.54) is 0 Å². The summed E-state index contributed by atoms with van der Waals surface area (Å²) in [6.45, 7) is 0. The van der Waals surface area contributed by atoms with Crippen LogP contribution < -0.4 is 4.74 Å². The van der Waals surface area contributed by atoms with E-state index < -0.39 is 0 Å². The lowest BCUT2D eigenvalue weighted by atomic mass is 10.1. The molecule has 21 heavy (non-hydrogen) atoms. The van der Waals surface area contributed by atoms with Gasteiger partial charge in [0.25, 0.3) is 0 Å². The molecule has 104 valence electrons. The minimum atomic E-state index is 0.202. The standard InChI is InChI=1S/C17H13ClN2O/c1-21-16-14(12-8-4-2-5-9-12)19-17(18)20-15(16)13-10-6-3-7-11-13/h2-11H,1H3. The maximum atomic E-state index is 6.10. The van der Waals surface area contributed by atoms with Gasteiger partial charge in [0.2, 0.25) is 5.28 Å². The highest BCUT2D eigenvalue weighted by Gasteiger charge is 2.17. The largest absolute Gasteiger partial charge is 0.492 e. The number of ether oxygens (including phenoxy) is 1. The van der Waals surface area contributed by atoms with Gasteiger partial charge in [-0.15, -0.1) is 0 Å². The van der Waals surface area contributed by atoms with Crippen LogP contribution in [0.1, 0.15) is 0 Å². The Morgan fingerprint density at radius 3 is 1.57 bits per heavy atom. The molecule has 3 rings (SSSR count). The van der Waals surface area contributed by atoms with Gasteiger partial charge >= 0.3 is 0 Å². The normalized spacial score (nSPS) is 10.4. The fraction of sp³-hybridized carbons (Fsp3) is 0.0588. The SMILES string of the molecule is COc1c(-c2ccccc2)nc(Cl)nc1-c1ccccc1. The lowest BCUT2D eigenvalue weighted by Gasteiger charge is -2.13. The van der Waals surface area contributed by atoms with E-state index in [1.807, 2.05) is 60.7 Å². The second kappa shape index (κ2) is 5.94. The van der Waals surface area contributed by atoms with E-state index in [-0.39, 0.29) is 5.28 Å².